The Balaban J connectivity index is 1.80. The molecule has 19 heavy (non-hydrogen) atoms. The summed E-state index contributed by atoms with van der Waals surface area (Å²) in [5, 5.41) is 3.40. The van der Waals surface area contributed by atoms with Crippen molar-refractivity contribution >= 4 is 5.69 Å². The molecule has 0 atom stereocenters. The highest BCUT2D eigenvalue weighted by atomic mass is 15.1. The second-order valence-corrected chi connectivity index (χ2v) is 5.06. The van der Waals surface area contributed by atoms with E-state index in [1.807, 2.05) is 0 Å². The highest BCUT2D eigenvalue weighted by Gasteiger charge is 2.11. The van der Waals surface area contributed by atoms with Gasteiger partial charge in [-0.25, -0.2) is 0 Å². The second-order valence-electron chi connectivity index (χ2n) is 5.06. The molecule has 0 saturated heterocycles. The summed E-state index contributed by atoms with van der Waals surface area (Å²) in [7, 11) is 0. The van der Waals surface area contributed by atoms with Crippen molar-refractivity contribution in [1.29, 1.82) is 0 Å². The fourth-order valence-corrected chi connectivity index (χ4v) is 2.69. The minimum Gasteiger partial charge on any atom is -0.367 e. The lowest BCUT2D eigenvalue weighted by Crippen LogP contribution is -2.21. The van der Waals surface area contributed by atoms with Crippen LogP contribution in [-0.2, 0) is 19.6 Å². The lowest BCUT2D eigenvalue weighted by atomic mass is 10.1. The molecule has 1 heterocycles. The van der Waals surface area contributed by atoms with Gasteiger partial charge in [0.2, 0.25) is 0 Å². The van der Waals surface area contributed by atoms with Crippen LogP contribution in [-0.4, -0.2) is 6.54 Å². The predicted octanol–water partition coefficient (Wildman–Crippen LogP) is 3.32. The molecule has 0 fully saturated rings. The van der Waals surface area contributed by atoms with E-state index in [9.17, 15) is 0 Å². The number of nitrogens with zero attached hydrogens (tertiary/aromatic N) is 1. The minimum absolute atomic E-state index is 0.980. The van der Waals surface area contributed by atoms with Crippen molar-refractivity contribution in [1.82, 2.24) is 5.32 Å². The summed E-state index contributed by atoms with van der Waals surface area (Å²) in [4.78, 5) is 2.41. The molecule has 3 rings (SSSR count). The van der Waals surface area contributed by atoms with Crippen LogP contribution in [0, 0.1) is 0 Å². The summed E-state index contributed by atoms with van der Waals surface area (Å²) >= 11 is 0. The van der Waals surface area contributed by atoms with E-state index < -0.39 is 0 Å². The van der Waals surface area contributed by atoms with E-state index in [1.165, 1.54) is 22.4 Å². The third-order valence-corrected chi connectivity index (χ3v) is 3.78. The third kappa shape index (κ3) is 2.64. The molecule has 1 N–H and O–H groups in total. The molecule has 1 aliphatic heterocycles. The number of fused-ring (bicyclic) bond motifs is 1. The van der Waals surface area contributed by atoms with E-state index in [-0.39, 0.29) is 0 Å². The lowest BCUT2D eigenvalue weighted by Gasteiger charge is -2.23. The normalized spacial score (nSPS) is 13.3. The van der Waals surface area contributed by atoms with E-state index >= 15 is 0 Å². The number of rotatable bonds is 4. The third-order valence-electron chi connectivity index (χ3n) is 3.78. The minimum atomic E-state index is 0.980. The van der Waals surface area contributed by atoms with Crippen LogP contribution in [0.2, 0.25) is 0 Å². The standard InChI is InChI=1S/C17H20N2/c1-2-19(17-6-4-3-5-7-17)13-14-8-9-15-11-18-12-16(15)10-14/h3-10,18H,2,11-13H2,1H3. The van der Waals surface area contributed by atoms with Gasteiger partial charge in [-0.15, -0.1) is 0 Å². The topological polar surface area (TPSA) is 15.3 Å². The fraction of sp³-hybridized carbons (Fsp3) is 0.294. The van der Waals surface area contributed by atoms with Crippen LogP contribution in [0.3, 0.4) is 0 Å². The number of para-hydroxylation sites is 1. The first-order chi connectivity index (χ1) is 9.36. The Kier molecular flexibility index (Phi) is 3.51. The molecule has 98 valence electrons. The predicted molar refractivity (Wildman–Crippen MR) is 80.2 cm³/mol. The molecule has 2 nitrogen and oxygen atoms in total. The molecule has 1 aliphatic rings. The van der Waals surface area contributed by atoms with Gasteiger partial charge >= 0.3 is 0 Å². The SMILES string of the molecule is CCN(Cc1ccc2c(c1)CNC2)c1ccccc1. The number of nitrogens with one attached hydrogen (secondary N) is 1. The van der Waals surface area contributed by atoms with Crippen molar-refractivity contribution < 1.29 is 0 Å². The Morgan fingerprint density at radius 2 is 1.79 bits per heavy atom. The molecular formula is C17H20N2. The van der Waals surface area contributed by atoms with Crippen molar-refractivity contribution in [2.24, 2.45) is 0 Å². The van der Waals surface area contributed by atoms with Gasteiger partial charge in [0.1, 0.15) is 0 Å². The molecule has 2 aromatic carbocycles. The zero-order valence-corrected chi connectivity index (χ0v) is 11.4. The molecule has 0 unspecified atom stereocenters. The van der Waals surface area contributed by atoms with Crippen LogP contribution in [0.1, 0.15) is 23.6 Å². The van der Waals surface area contributed by atoms with Gasteiger partial charge in [-0.2, -0.15) is 0 Å². The summed E-state index contributed by atoms with van der Waals surface area (Å²) in [6.07, 6.45) is 0. The van der Waals surface area contributed by atoms with Crippen LogP contribution in [0.4, 0.5) is 5.69 Å². The monoisotopic (exact) mass is 252 g/mol. The first-order valence-corrected chi connectivity index (χ1v) is 6.98. The highest BCUT2D eigenvalue weighted by Crippen LogP contribution is 2.20. The number of anilines is 1. The van der Waals surface area contributed by atoms with Crippen molar-refractivity contribution in [2.45, 2.75) is 26.6 Å². The van der Waals surface area contributed by atoms with Crippen molar-refractivity contribution in [3.8, 4) is 0 Å². The van der Waals surface area contributed by atoms with Gasteiger partial charge in [-0.05, 0) is 35.7 Å². The number of benzene rings is 2. The lowest BCUT2D eigenvalue weighted by molar-refractivity contribution is 0.764. The molecule has 0 bridgehead atoms. The molecule has 0 aliphatic carbocycles. The molecule has 0 saturated carbocycles. The Morgan fingerprint density at radius 1 is 1.00 bits per heavy atom. The first-order valence-electron chi connectivity index (χ1n) is 6.98. The Bertz CT molecular complexity index is 548. The van der Waals surface area contributed by atoms with Gasteiger partial charge in [0.25, 0.3) is 0 Å². The zero-order valence-electron chi connectivity index (χ0n) is 11.4. The zero-order chi connectivity index (χ0) is 13.1. The van der Waals surface area contributed by atoms with Crippen LogP contribution in [0.15, 0.2) is 48.5 Å². The van der Waals surface area contributed by atoms with E-state index in [0.717, 1.165) is 26.2 Å². The van der Waals surface area contributed by atoms with Gasteiger partial charge < -0.3 is 10.2 Å². The Hall–Kier alpha value is -1.80. The van der Waals surface area contributed by atoms with Crippen LogP contribution < -0.4 is 10.2 Å². The van der Waals surface area contributed by atoms with Gasteiger partial charge in [0.15, 0.2) is 0 Å². The molecule has 0 aromatic heterocycles. The van der Waals surface area contributed by atoms with Crippen LogP contribution in [0.5, 0.6) is 0 Å². The van der Waals surface area contributed by atoms with Gasteiger partial charge in [-0.1, -0.05) is 36.4 Å². The van der Waals surface area contributed by atoms with Gasteiger partial charge in [-0.3, -0.25) is 0 Å². The quantitative estimate of drug-likeness (QED) is 0.898. The summed E-state index contributed by atoms with van der Waals surface area (Å²) in [5.41, 5.74) is 5.60. The summed E-state index contributed by atoms with van der Waals surface area (Å²) in [5.74, 6) is 0. The van der Waals surface area contributed by atoms with Crippen LogP contribution in [0.25, 0.3) is 0 Å². The van der Waals surface area contributed by atoms with E-state index in [4.69, 9.17) is 0 Å². The van der Waals surface area contributed by atoms with Crippen LogP contribution >= 0.6 is 0 Å². The van der Waals surface area contributed by atoms with Gasteiger partial charge in [0.05, 0.1) is 0 Å². The molecule has 2 aromatic rings. The Labute approximate surface area is 115 Å². The van der Waals surface area contributed by atoms with Gasteiger partial charge in [0, 0.05) is 31.9 Å². The average molecular weight is 252 g/mol. The summed E-state index contributed by atoms with van der Waals surface area (Å²) < 4.78 is 0. The maximum Gasteiger partial charge on any atom is 0.0429 e. The summed E-state index contributed by atoms with van der Waals surface area (Å²) in [6.45, 7) is 6.25. The molecule has 0 spiro atoms. The molecule has 2 heteroatoms. The van der Waals surface area contributed by atoms with Crippen molar-refractivity contribution in [3.63, 3.8) is 0 Å². The summed E-state index contributed by atoms with van der Waals surface area (Å²) in [6, 6.07) is 17.5. The molecule has 0 amide bonds. The van der Waals surface area contributed by atoms with Crippen molar-refractivity contribution in [3.05, 3.63) is 65.2 Å². The maximum atomic E-state index is 3.40. The van der Waals surface area contributed by atoms with E-state index in [1.54, 1.807) is 0 Å². The van der Waals surface area contributed by atoms with E-state index in [0.29, 0.717) is 0 Å². The first kappa shape index (κ1) is 12.2. The number of hydrogen-bond donors (Lipinski definition) is 1. The average Bonchev–Trinajstić information content (AvgIpc) is 2.93. The maximum absolute atomic E-state index is 3.40. The van der Waals surface area contributed by atoms with E-state index in [2.05, 4.69) is 65.7 Å². The number of hydrogen-bond acceptors (Lipinski definition) is 2. The molecule has 0 radical (unpaired) electrons. The highest BCUT2D eigenvalue weighted by molar-refractivity contribution is 5.47. The van der Waals surface area contributed by atoms with Crippen molar-refractivity contribution in [2.75, 3.05) is 11.4 Å². The smallest absolute Gasteiger partial charge is 0.0429 e. The Morgan fingerprint density at radius 3 is 2.58 bits per heavy atom. The fourth-order valence-electron chi connectivity index (χ4n) is 2.69. The largest absolute Gasteiger partial charge is 0.367 e. The second kappa shape index (κ2) is 5.45. The molecular weight excluding hydrogens is 232 g/mol.